The van der Waals surface area contributed by atoms with Crippen LogP contribution < -0.4 is 10.6 Å². The standard InChI is InChI=1S/C14H20Br2N2O/c1-5-14(3,4)18-13(19)9(2)17-12-7-6-10(15)8-11(12)16/h6-9,17H,5H2,1-4H3,(H,18,19). The lowest BCUT2D eigenvalue weighted by Gasteiger charge is -2.27. The molecule has 1 aromatic carbocycles. The third-order valence-corrected chi connectivity index (χ3v) is 4.19. The molecule has 0 spiro atoms. The summed E-state index contributed by atoms with van der Waals surface area (Å²) >= 11 is 6.88. The zero-order valence-corrected chi connectivity index (χ0v) is 14.9. The van der Waals surface area contributed by atoms with Gasteiger partial charge >= 0.3 is 0 Å². The minimum Gasteiger partial charge on any atom is -0.373 e. The number of carbonyl (C=O) groups is 1. The normalized spacial score (nSPS) is 12.9. The van der Waals surface area contributed by atoms with Crippen LogP contribution in [0.1, 0.15) is 34.1 Å². The van der Waals surface area contributed by atoms with Crippen LogP contribution in [0.5, 0.6) is 0 Å². The average Bonchev–Trinajstić information content (AvgIpc) is 2.32. The Morgan fingerprint density at radius 3 is 2.53 bits per heavy atom. The SMILES string of the molecule is CCC(C)(C)NC(=O)C(C)Nc1ccc(Br)cc1Br. The third kappa shape index (κ3) is 5.15. The number of anilines is 1. The Labute approximate surface area is 131 Å². The molecule has 0 heterocycles. The van der Waals surface area contributed by atoms with E-state index in [9.17, 15) is 4.79 Å². The van der Waals surface area contributed by atoms with Crippen LogP contribution >= 0.6 is 31.9 Å². The molecule has 0 saturated carbocycles. The zero-order chi connectivity index (χ0) is 14.6. The molecule has 2 N–H and O–H groups in total. The molecule has 5 heteroatoms. The van der Waals surface area contributed by atoms with E-state index in [1.807, 2.05) is 39.0 Å². The van der Waals surface area contributed by atoms with E-state index >= 15 is 0 Å². The molecule has 1 unspecified atom stereocenters. The van der Waals surface area contributed by atoms with Crippen molar-refractivity contribution < 1.29 is 4.79 Å². The van der Waals surface area contributed by atoms with Crippen LogP contribution in [0.25, 0.3) is 0 Å². The predicted molar refractivity (Wildman–Crippen MR) is 87.4 cm³/mol. The van der Waals surface area contributed by atoms with Gasteiger partial charge in [0.15, 0.2) is 0 Å². The molecule has 0 bridgehead atoms. The van der Waals surface area contributed by atoms with Crippen molar-refractivity contribution in [1.82, 2.24) is 5.32 Å². The van der Waals surface area contributed by atoms with E-state index in [0.717, 1.165) is 21.1 Å². The topological polar surface area (TPSA) is 41.1 Å². The Morgan fingerprint density at radius 1 is 1.37 bits per heavy atom. The van der Waals surface area contributed by atoms with Gasteiger partial charge in [-0.3, -0.25) is 4.79 Å². The molecular formula is C14H20Br2N2O. The van der Waals surface area contributed by atoms with Gasteiger partial charge in [0.05, 0.1) is 0 Å². The molecular weight excluding hydrogens is 372 g/mol. The van der Waals surface area contributed by atoms with Crippen molar-refractivity contribution in [3.05, 3.63) is 27.1 Å². The largest absolute Gasteiger partial charge is 0.373 e. The summed E-state index contributed by atoms with van der Waals surface area (Å²) in [7, 11) is 0. The van der Waals surface area contributed by atoms with Crippen LogP contribution in [0.15, 0.2) is 27.1 Å². The summed E-state index contributed by atoms with van der Waals surface area (Å²) in [4.78, 5) is 12.1. The highest BCUT2D eigenvalue weighted by Gasteiger charge is 2.21. The molecule has 1 aromatic rings. The maximum absolute atomic E-state index is 12.1. The smallest absolute Gasteiger partial charge is 0.242 e. The molecule has 0 aliphatic heterocycles. The average molecular weight is 392 g/mol. The van der Waals surface area contributed by atoms with Crippen molar-refractivity contribution in [2.24, 2.45) is 0 Å². The monoisotopic (exact) mass is 390 g/mol. The van der Waals surface area contributed by atoms with Gasteiger partial charge in [0, 0.05) is 20.2 Å². The summed E-state index contributed by atoms with van der Waals surface area (Å²) in [5.41, 5.74) is 0.726. The van der Waals surface area contributed by atoms with E-state index in [2.05, 4.69) is 49.4 Å². The number of halogens is 2. The summed E-state index contributed by atoms with van der Waals surface area (Å²) in [6.07, 6.45) is 0.896. The van der Waals surface area contributed by atoms with Crippen molar-refractivity contribution >= 4 is 43.5 Å². The Balaban J connectivity index is 2.69. The Bertz CT molecular complexity index is 461. The molecule has 1 rings (SSSR count). The van der Waals surface area contributed by atoms with Crippen LogP contribution in [0.4, 0.5) is 5.69 Å². The number of hydrogen-bond acceptors (Lipinski definition) is 2. The summed E-state index contributed by atoms with van der Waals surface area (Å²) in [5, 5.41) is 6.23. The van der Waals surface area contributed by atoms with Gasteiger partial charge in [0.2, 0.25) is 5.91 Å². The molecule has 106 valence electrons. The molecule has 0 saturated heterocycles. The van der Waals surface area contributed by atoms with Gasteiger partial charge in [-0.1, -0.05) is 22.9 Å². The fourth-order valence-electron chi connectivity index (χ4n) is 1.44. The van der Waals surface area contributed by atoms with E-state index in [-0.39, 0.29) is 17.5 Å². The maximum Gasteiger partial charge on any atom is 0.242 e. The van der Waals surface area contributed by atoms with E-state index in [1.165, 1.54) is 0 Å². The highest BCUT2D eigenvalue weighted by Crippen LogP contribution is 2.26. The van der Waals surface area contributed by atoms with Crippen molar-refractivity contribution in [1.29, 1.82) is 0 Å². The fraction of sp³-hybridized carbons (Fsp3) is 0.500. The van der Waals surface area contributed by atoms with Crippen LogP contribution in [0, 0.1) is 0 Å². The second-order valence-corrected chi connectivity index (χ2v) is 6.99. The van der Waals surface area contributed by atoms with Crippen molar-refractivity contribution in [3.63, 3.8) is 0 Å². The second-order valence-electron chi connectivity index (χ2n) is 5.22. The first kappa shape index (κ1) is 16.5. The molecule has 1 amide bonds. The third-order valence-electron chi connectivity index (χ3n) is 3.04. The van der Waals surface area contributed by atoms with Crippen LogP contribution in [-0.2, 0) is 4.79 Å². The van der Waals surface area contributed by atoms with E-state index in [0.29, 0.717) is 0 Å². The van der Waals surface area contributed by atoms with Gasteiger partial charge in [-0.25, -0.2) is 0 Å². The van der Waals surface area contributed by atoms with Gasteiger partial charge in [-0.05, 0) is 61.3 Å². The molecule has 3 nitrogen and oxygen atoms in total. The molecule has 0 aromatic heterocycles. The lowest BCUT2D eigenvalue weighted by atomic mass is 10.0. The van der Waals surface area contributed by atoms with Crippen molar-refractivity contribution in [3.8, 4) is 0 Å². The van der Waals surface area contributed by atoms with Crippen molar-refractivity contribution in [2.45, 2.75) is 45.7 Å². The van der Waals surface area contributed by atoms with Crippen LogP contribution in [-0.4, -0.2) is 17.5 Å². The van der Waals surface area contributed by atoms with Gasteiger partial charge in [0.25, 0.3) is 0 Å². The molecule has 0 aliphatic rings. The summed E-state index contributed by atoms with van der Waals surface area (Å²) in [6.45, 7) is 7.96. The molecule has 0 aliphatic carbocycles. The zero-order valence-electron chi connectivity index (χ0n) is 11.7. The predicted octanol–water partition coefficient (Wildman–Crippen LogP) is 4.32. The van der Waals surface area contributed by atoms with Gasteiger partial charge in [-0.2, -0.15) is 0 Å². The van der Waals surface area contributed by atoms with Crippen LogP contribution in [0.3, 0.4) is 0 Å². The van der Waals surface area contributed by atoms with Gasteiger partial charge < -0.3 is 10.6 Å². The van der Waals surface area contributed by atoms with E-state index < -0.39 is 0 Å². The summed E-state index contributed by atoms with van der Waals surface area (Å²) in [5.74, 6) is 0.00155. The lowest BCUT2D eigenvalue weighted by molar-refractivity contribution is -0.123. The highest BCUT2D eigenvalue weighted by molar-refractivity contribution is 9.11. The number of nitrogens with one attached hydrogen (secondary N) is 2. The van der Waals surface area contributed by atoms with Gasteiger partial charge in [-0.15, -0.1) is 0 Å². The fourth-order valence-corrected chi connectivity index (χ4v) is 2.60. The molecule has 1 atom stereocenters. The summed E-state index contributed by atoms with van der Waals surface area (Å²) in [6, 6.07) is 5.53. The van der Waals surface area contributed by atoms with Gasteiger partial charge in [0.1, 0.15) is 6.04 Å². The number of benzene rings is 1. The minimum absolute atomic E-state index is 0.00155. The maximum atomic E-state index is 12.1. The number of amides is 1. The molecule has 19 heavy (non-hydrogen) atoms. The number of hydrogen-bond donors (Lipinski definition) is 2. The van der Waals surface area contributed by atoms with Crippen LogP contribution in [0.2, 0.25) is 0 Å². The Hall–Kier alpha value is -0.550. The molecule has 0 radical (unpaired) electrons. The first-order chi connectivity index (χ1) is 8.75. The quantitative estimate of drug-likeness (QED) is 0.784. The summed E-state index contributed by atoms with van der Waals surface area (Å²) < 4.78 is 1.92. The Morgan fingerprint density at radius 2 is 2.00 bits per heavy atom. The Kier molecular flexibility index (Phi) is 5.86. The first-order valence-electron chi connectivity index (χ1n) is 6.29. The minimum atomic E-state index is -0.289. The second kappa shape index (κ2) is 6.75. The number of rotatable bonds is 5. The van der Waals surface area contributed by atoms with E-state index in [1.54, 1.807) is 0 Å². The van der Waals surface area contributed by atoms with E-state index in [4.69, 9.17) is 0 Å². The highest BCUT2D eigenvalue weighted by atomic mass is 79.9. The molecule has 0 fully saturated rings. The first-order valence-corrected chi connectivity index (χ1v) is 7.87. The van der Waals surface area contributed by atoms with Crippen molar-refractivity contribution in [2.75, 3.05) is 5.32 Å². The number of carbonyl (C=O) groups excluding carboxylic acids is 1. The lowest BCUT2D eigenvalue weighted by Crippen LogP contribution is -2.48.